The number of rotatable bonds is 11. The van der Waals surface area contributed by atoms with E-state index < -0.39 is 95.3 Å². The zero-order valence-corrected chi connectivity index (χ0v) is 30.5. The lowest BCUT2D eigenvalue weighted by Crippen LogP contribution is -2.49. The number of hydrogen-bond acceptors (Lipinski definition) is 9. The van der Waals surface area contributed by atoms with Crippen molar-refractivity contribution in [3.05, 3.63) is 112 Å². The van der Waals surface area contributed by atoms with Gasteiger partial charge in [0, 0.05) is 10.4 Å². The second kappa shape index (κ2) is 14.6. The number of fused-ring (bicyclic) bond motifs is 1. The maximum Gasteiger partial charge on any atom is 0.416 e. The average molecular weight is 859 g/mol. The highest BCUT2D eigenvalue weighted by Gasteiger charge is 2.41. The molecule has 0 aromatic heterocycles. The molecule has 1 unspecified atom stereocenters. The molecule has 1 aliphatic heterocycles. The zero-order chi connectivity index (χ0) is 38.3. The van der Waals surface area contributed by atoms with Crippen LogP contribution in [0, 0.1) is 12.8 Å². The maximum absolute atomic E-state index is 14.0. The Morgan fingerprint density at radius 2 is 1.25 bits per heavy atom. The fourth-order valence-electron chi connectivity index (χ4n) is 4.97. The van der Waals surface area contributed by atoms with E-state index in [4.69, 9.17) is 13.1 Å². The van der Waals surface area contributed by atoms with Crippen LogP contribution >= 0.6 is 15.9 Å². The van der Waals surface area contributed by atoms with Crippen LogP contribution in [-0.4, -0.2) is 51.1 Å². The van der Waals surface area contributed by atoms with Crippen LogP contribution in [0.15, 0.2) is 110 Å². The van der Waals surface area contributed by atoms with Crippen LogP contribution in [0.5, 0.6) is 5.75 Å². The third-order valence-corrected chi connectivity index (χ3v) is 12.6. The monoisotopic (exact) mass is 857 g/mol. The molecular weight excluding hydrogens is 832 g/mol. The highest BCUT2D eigenvalue weighted by molar-refractivity contribution is 9.10. The van der Waals surface area contributed by atoms with Crippen LogP contribution in [-0.2, 0) is 51.0 Å². The molecule has 52 heavy (non-hydrogen) atoms. The molecule has 0 aliphatic carbocycles. The summed E-state index contributed by atoms with van der Waals surface area (Å²) in [7, 11) is -14.3. The van der Waals surface area contributed by atoms with Crippen molar-refractivity contribution in [2.45, 2.75) is 40.1 Å². The van der Waals surface area contributed by atoms with Crippen molar-refractivity contribution in [2.75, 3.05) is 24.1 Å². The summed E-state index contributed by atoms with van der Waals surface area (Å²) in [5, 5.41) is 0. The van der Waals surface area contributed by atoms with Crippen LogP contribution in [0.2, 0.25) is 0 Å². The minimum atomic E-state index is -4.96. The molecule has 1 aliphatic rings. The van der Waals surface area contributed by atoms with Gasteiger partial charge >= 0.3 is 12.4 Å². The lowest BCUT2D eigenvalue weighted by atomic mass is 10.0. The fraction of sp³-hybridized carbons (Fsp3) is 0.250. The zero-order valence-electron chi connectivity index (χ0n) is 26.4. The van der Waals surface area contributed by atoms with Gasteiger partial charge in [0.1, 0.15) is 11.9 Å². The van der Waals surface area contributed by atoms with E-state index in [2.05, 4.69) is 15.9 Å². The van der Waals surface area contributed by atoms with E-state index in [-0.39, 0.29) is 16.3 Å². The van der Waals surface area contributed by atoms with Crippen LogP contribution in [0.1, 0.15) is 16.7 Å². The van der Waals surface area contributed by atoms with Gasteiger partial charge in [-0.25, -0.2) is 8.42 Å². The first kappa shape index (κ1) is 39.5. The lowest BCUT2D eigenvalue weighted by Gasteiger charge is -2.38. The third kappa shape index (κ3) is 8.91. The molecule has 10 nitrogen and oxygen atoms in total. The lowest BCUT2D eigenvalue weighted by molar-refractivity contribution is -0.138. The fourth-order valence-corrected chi connectivity index (χ4v) is 8.81. The number of halogens is 7. The minimum absolute atomic E-state index is 0.132. The Labute approximate surface area is 303 Å². The van der Waals surface area contributed by atoms with Crippen molar-refractivity contribution >= 4 is 51.9 Å². The Hall–Kier alpha value is -3.69. The first-order chi connectivity index (χ1) is 24.1. The van der Waals surface area contributed by atoms with E-state index in [1.807, 2.05) is 0 Å². The first-order valence-corrected chi connectivity index (χ1v) is 19.8. The Morgan fingerprint density at radius 1 is 0.731 bits per heavy atom. The smallest absolute Gasteiger partial charge is 0.416 e. The van der Waals surface area contributed by atoms with Crippen LogP contribution < -0.4 is 9.04 Å². The van der Waals surface area contributed by atoms with Gasteiger partial charge in [-0.1, -0.05) is 45.8 Å². The summed E-state index contributed by atoms with van der Waals surface area (Å²) in [6.07, 6.45) is -11.3. The molecule has 0 spiro atoms. The van der Waals surface area contributed by atoms with Gasteiger partial charge in [-0.15, -0.1) is 0 Å². The first-order valence-electron chi connectivity index (χ1n) is 14.8. The second-order valence-electron chi connectivity index (χ2n) is 11.4. The Bertz CT molecular complexity index is 2290. The normalized spacial score (nSPS) is 16.2. The summed E-state index contributed by atoms with van der Waals surface area (Å²) >= 11 is 3.21. The number of hydrogen-bond donors (Lipinski definition) is 0. The maximum atomic E-state index is 14.0. The number of alkyl halides is 6. The largest absolute Gasteiger partial charge is 0.486 e. The van der Waals surface area contributed by atoms with Gasteiger partial charge in [0.15, 0.2) is 0 Å². The highest BCUT2D eigenvalue weighted by Crippen LogP contribution is 2.41. The quantitative estimate of drug-likeness (QED) is 0.114. The van der Waals surface area contributed by atoms with Gasteiger partial charge in [0.25, 0.3) is 30.3 Å². The van der Waals surface area contributed by atoms with E-state index in [1.165, 1.54) is 42.5 Å². The van der Waals surface area contributed by atoms with Gasteiger partial charge in [0.05, 0.1) is 51.3 Å². The summed E-state index contributed by atoms with van der Waals surface area (Å²) in [4.78, 5) is -1.93. The third-order valence-electron chi connectivity index (χ3n) is 7.72. The molecule has 0 radical (unpaired) electrons. The van der Waals surface area contributed by atoms with Crippen LogP contribution in [0.3, 0.4) is 0 Å². The number of anilines is 1. The Balaban J connectivity index is 1.53. The molecule has 0 saturated heterocycles. The Morgan fingerprint density at radius 3 is 1.81 bits per heavy atom. The molecule has 4 aromatic rings. The van der Waals surface area contributed by atoms with Crippen molar-refractivity contribution < 1.29 is 64.7 Å². The summed E-state index contributed by atoms with van der Waals surface area (Å²) < 4.78 is 178. The summed E-state index contributed by atoms with van der Waals surface area (Å²) in [6.45, 7) is -0.933. The molecule has 0 saturated carbocycles. The van der Waals surface area contributed by atoms with Gasteiger partial charge < -0.3 is 4.74 Å². The summed E-state index contributed by atoms with van der Waals surface area (Å²) in [5.74, 6) is -1.64. The molecule has 0 N–H and O–H groups in total. The SMILES string of the molecule is Cc1ccc(S(=O)(=O)OC[C@H](COS(=O)(=O)c2cccc(C(F)(F)F)c2)C2CN(S(=O)(=O)c3cccc(C(F)(F)F)c3)c3cc(Br)ccc3O2)cc1. The van der Waals surface area contributed by atoms with E-state index in [0.29, 0.717) is 38.6 Å². The van der Waals surface area contributed by atoms with Crippen molar-refractivity contribution in [1.82, 2.24) is 0 Å². The molecule has 4 aromatic carbocycles. The molecule has 0 fully saturated rings. The summed E-state index contributed by atoms with van der Waals surface area (Å²) in [6, 6.07) is 15.1. The number of ether oxygens (including phenoxy) is 1. The molecule has 0 amide bonds. The van der Waals surface area contributed by atoms with E-state index >= 15 is 0 Å². The average Bonchev–Trinajstić information content (AvgIpc) is 3.07. The number of aryl methyl sites for hydroxylation is 1. The summed E-state index contributed by atoms with van der Waals surface area (Å²) in [5.41, 5.74) is -1.97. The van der Waals surface area contributed by atoms with Gasteiger partial charge in [-0.3, -0.25) is 12.7 Å². The number of sulfonamides is 1. The van der Waals surface area contributed by atoms with Gasteiger partial charge in [-0.05, 0) is 73.7 Å². The van der Waals surface area contributed by atoms with Crippen molar-refractivity contribution in [3.63, 3.8) is 0 Å². The van der Waals surface area contributed by atoms with Gasteiger partial charge in [0.2, 0.25) is 0 Å². The number of benzene rings is 4. The second-order valence-corrected chi connectivity index (χ2v) is 17.4. The Kier molecular flexibility index (Phi) is 11.1. The standard InChI is InChI=1S/C32H26BrF6NO9S3/c1-20-8-11-25(12-9-20)51(43,44)47-18-21(19-48-52(45,46)27-7-3-5-23(15-27)32(37,38)39)30-17-40(28-16-24(33)10-13-29(28)49-30)50(41,42)26-6-2-4-22(14-26)31(34,35)36/h2-16,21,30H,17-19H2,1H3/t21-,30?/m1/s1. The van der Waals surface area contributed by atoms with Crippen molar-refractivity contribution in [3.8, 4) is 5.75 Å². The molecule has 1 heterocycles. The van der Waals surface area contributed by atoms with E-state index in [9.17, 15) is 51.6 Å². The van der Waals surface area contributed by atoms with E-state index in [0.717, 1.165) is 24.3 Å². The van der Waals surface area contributed by atoms with E-state index in [1.54, 1.807) is 6.92 Å². The molecule has 2 atom stereocenters. The predicted molar refractivity (Wildman–Crippen MR) is 177 cm³/mol. The molecule has 0 bridgehead atoms. The van der Waals surface area contributed by atoms with Crippen molar-refractivity contribution in [1.29, 1.82) is 0 Å². The highest BCUT2D eigenvalue weighted by atomic mass is 79.9. The predicted octanol–water partition coefficient (Wildman–Crippen LogP) is 7.18. The van der Waals surface area contributed by atoms with Crippen molar-refractivity contribution in [2.24, 2.45) is 5.92 Å². The number of nitrogens with zero attached hydrogens (tertiary/aromatic N) is 1. The minimum Gasteiger partial charge on any atom is -0.486 e. The molecule has 280 valence electrons. The molecular formula is C32H26BrF6NO9S3. The van der Waals surface area contributed by atoms with Crippen LogP contribution in [0.25, 0.3) is 0 Å². The topological polar surface area (TPSA) is 133 Å². The van der Waals surface area contributed by atoms with Gasteiger partial charge in [-0.2, -0.15) is 43.2 Å². The van der Waals surface area contributed by atoms with Crippen LogP contribution in [0.4, 0.5) is 32.0 Å². The molecule has 20 heteroatoms. The molecule has 5 rings (SSSR count).